The van der Waals surface area contributed by atoms with E-state index >= 15 is 0 Å². The lowest BCUT2D eigenvalue weighted by atomic mass is 10.3. The van der Waals surface area contributed by atoms with Gasteiger partial charge in [0.2, 0.25) is 15.0 Å². The van der Waals surface area contributed by atoms with Gasteiger partial charge in [-0.3, -0.25) is 0 Å². The van der Waals surface area contributed by atoms with Crippen LogP contribution < -0.4 is 10.4 Å². The van der Waals surface area contributed by atoms with Crippen molar-refractivity contribution in [3.8, 4) is 0 Å². The second kappa shape index (κ2) is 5.51. The molecule has 0 aliphatic heterocycles. The minimum absolute atomic E-state index is 0.0865. The quantitative estimate of drug-likeness (QED) is 0.451. The number of fused-ring (bicyclic) bond motifs is 2. The smallest absolute Gasteiger partial charge is 0.306 e. The Morgan fingerprint density at radius 1 is 1.25 bits per heavy atom. The van der Waals surface area contributed by atoms with Crippen LogP contribution in [0.3, 0.4) is 0 Å². The Balaban J connectivity index is 1.49. The second-order valence-corrected chi connectivity index (χ2v) is 7.80. The van der Waals surface area contributed by atoms with Gasteiger partial charge in [-0.05, 0) is 18.2 Å². The zero-order valence-electron chi connectivity index (χ0n) is 12.1. The van der Waals surface area contributed by atoms with Crippen LogP contribution in [0, 0.1) is 0 Å². The molecule has 3 N–H and O–H groups in total. The van der Waals surface area contributed by atoms with Crippen LogP contribution in [0.4, 0.5) is 0 Å². The minimum Gasteiger partial charge on any atom is -0.306 e. The molecule has 0 aliphatic rings. The van der Waals surface area contributed by atoms with Gasteiger partial charge in [0.1, 0.15) is 11.3 Å². The third-order valence-corrected chi connectivity index (χ3v) is 5.79. The van der Waals surface area contributed by atoms with Gasteiger partial charge in [0.15, 0.2) is 0 Å². The van der Waals surface area contributed by atoms with Crippen molar-refractivity contribution in [1.82, 2.24) is 34.5 Å². The van der Waals surface area contributed by atoms with Gasteiger partial charge in [-0.25, -0.2) is 17.9 Å². The molecule has 4 aromatic rings. The van der Waals surface area contributed by atoms with Gasteiger partial charge in [-0.1, -0.05) is 11.3 Å². The van der Waals surface area contributed by atoms with Crippen molar-refractivity contribution >= 4 is 37.4 Å². The Morgan fingerprint density at radius 3 is 2.92 bits per heavy atom. The Bertz CT molecular complexity index is 1160. The van der Waals surface area contributed by atoms with E-state index in [4.69, 9.17) is 0 Å². The van der Waals surface area contributed by atoms with Gasteiger partial charge in [0, 0.05) is 13.0 Å². The van der Waals surface area contributed by atoms with Crippen LogP contribution in [0.25, 0.3) is 16.0 Å². The first-order chi connectivity index (χ1) is 11.5. The molecule has 0 radical (unpaired) electrons. The average molecular weight is 365 g/mol. The van der Waals surface area contributed by atoms with Gasteiger partial charge in [0.25, 0.3) is 0 Å². The van der Waals surface area contributed by atoms with E-state index in [1.165, 1.54) is 29.8 Å². The summed E-state index contributed by atoms with van der Waals surface area (Å²) in [5, 5.41) is 12.6. The summed E-state index contributed by atoms with van der Waals surface area (Å²) in [7, 11) is -3.67. The summed E-state index contributed by atoms with van der Waals surface area (Å²) in [6.45, 7) is 0.203. The summed E-state index contributed by atoms with van der Waals surface area (Å²) >= 11 is 1.35. The predicted octanol–water partition coefficient (Wildman–Crippen LogP) is -0.124. The first-order valence-electron chi connectivity index (χ1n) is 6.89. The normalized spacial score (nSPS) is 12.3. The first-order valence-corrected chi connectivity index (χ1v) is 9.19. The summed E-state index contributed by atoms with van der Waals surface area (Å²) < 4.78 is 28.7. The monoisotopic (exact) mass is 365 g/mol. The molecule has 1 aromatic carbocycles. The van der Waals surface area contributed by atoms with Crippen molar-refractivity contribution in [2.45, 2.75) is 11.3 Å². The van der Waals surface area contributed by atoms with Gasteiger partial charge < -0.3 is 9.97 Å². The number of H-pyrrole nitrogens is 2. The van der Waals surface area contributed by atoms with E-state index in [1.54, 1.807) is 10.6 Å². The maximum atomic E-state index is 12.3. The second-order valence-electron chi connectivity index (χ2n) is 4.99. The molecule has 0 fully saturated rings. The lowest BCUT2D eigenvalue weighted by Crippen LogP contribution is -2.26. The highest BCUT2D eigenvalue weighted by atomic mass is 32.2. The fourth-order valence-corrected chi connectivity index (χ4v) is 4.13. The van der Waals surface area contributed by atoms with Crippen molar-refractivity contribution in [3.05, 3.63) is 40.0 Å². The zero-order chi connectivity index (χ0) is 16.7. The molecule has 0 atom stereocenters. The number of imidazole rings is 1. The molecule has 0 saturated heterocycles. The zero-order valence-corrected chi connectivity index (χ0v) is 13.7. The molecule has 24 heavy (non-hydrogen) atoms. The summed E-state index contributed by atoms with van der Waals surface area (Å²) in [5.41, 5.74) is 0.617. The van der Waals surface area contributed by atoms with Crippen LogP contribution in [0.1, 0.15) is 5.01 Å². The predicted molar refractivity (Wildman–Crippen MR) is 86.5 cm³/mol. The van der Waals surface area contributed by atoms with E-state index in [-0.39, 0.29) is 17.1 Å². The number of rotatable bonds is 5. The largest absolute Gasteiger partial charge is 0.323 e. The highest BCUT2D eigenvalue weighted by Crippen LogP contribution is 2.15. The van der Waals surface area contributed by atoms with Crippen molar-refractivity contribution in [3.63, 3.8) is 0 Å². The SMILES string of the molecule is O=c1[nH]c2ccc(S(=O)(=O)NCCc3nn4cnnc4s3)cc2[nH]1. The topological polar surface area (TPSA) is 138 Å². The van der Waals surface area contributed by atoms with Crippen LogP contribution in [0.5, 0.6) is 0 Å². The number of sulfonamides is 1. The molecule has 124 valence electrons. The minimum atomic E-state index is -3.67. The van der Waals surface area contributed by atoms with E-state index in [1.807, 2.05) is 0 Å². The van der Waals surface area contributed by atoms with E-state index in [0.29, 0.717) is 22.4 Å². The summed E-state index contributed by atoms with van der Waals surface area (Å²) in [6, 6.07) is 4.40. The maximum absolute atomic E-state index is 12.3. The molecule has 0 saturated carbocycles. The standard InChI is InChI=1S/C12H11N7O3S2/c20-11-15-8-2-1-7(5-9(8)16-11)24(21,22)14-4-3-10-18-19-6-13-17-12(19)23-10/h1-2,5-6,14H,3-4H2,(H2,15,16,20). The molecule has 0 spiro atoms. The Morgan fingerprint density at radius 2 is 2.08 bits per heavy atom. The molecule has 3 aromatic heterocycles. The van der Waals surface area contributed by atoms with Crippen LogP contribution in [-0.2, 0) is 16.4 Å². The molecule has 0 unspecified atom stereocenters. The van der Waals surface area contributed by atoms with Crippen molar-refractivity contribution in [1.29, 1.82) is 0 Å². The number of hydrogen-bond donors (Lipinski definition) is 3. The fraction of sp³-hybridized carbons (Fsp3) is 0.167. The summed E-state index contributed by atoms with van der Waals surface area (Å²) in [6.07, 6.45) is 1.93. The molecule has 12 heteroatoms. The van der Waals surface area contributed by atoms with Crippen LogP contribution in [-0.4, -0.2) is 44.7 Å². The van der Waals surface area contributed by atoms with E-state index in [9.17, 15) is 13.2 Å². The molecule has 0 bridgehead atoms. The third kappa shape index (κ3) is 2.70. The van der Waals surface area contributed by atoms with Gasteiger partial charge in [0.05, 0.1) is 15.9 Å². The molecular weight excluding hydrogens is 354 g/mol. The van der Waals surface area contributed by atoms with Crippen LogP contribution in [0.2, 0.25) is 0 Å². The van der Waals surface area contributed by atoms with Crippen molar-refractivity contribution < 1.29 is 8.42 Å². The molecular formula is C12H11N7O3S2. The Kier molecular flexibility index (Phi) is 3.44. The van der Waals surface area contributed by atoms with Crippen LogP contribution >= 0.6 is 11.3 Å². The molecule has 10 nitrogen and oxygen atoms in total. The lowest BCUT2D eigenvalue weighted by Gasteiger charge is -2.05. The van der Waals surface area contributed by atoms with Crippen molar-refractivity contribution in [2.75, 3.05) is 6.54 Å². The van der Waals surface area contributed by atoms with Crippen LogP contribution in [0.15, 0.2) is 34.2 Å². The maximum Gasteiger partial charge on any atom is 0.323 e. The molecule has 0 amide bonds. The Hall–Kier alpha value is -2.57. The molecule has 0 aliphatic carbocycles. The fourth-order valence-electron chi connectivity index (χ4n) is 2.26. The number of benzene rings is 1. The summed E-state index contributed by atoms with van der Waals surface area (Å²) in [4.78, 5) is 17.1. The first kappa shape index (κ1) is 15.0. The highest BCUT2D eigenvalue weighted by Gasteiger charge is 2.15. The van der Waals surface area contributed by atoms with E-state index < -0.39 is 10.0 Å². The molecule has 3 heterocycles. The Labute approximate surface area is 138 Å². The van der Waals surface area contributed by atoms with Gasteiger partial charge >= 0.3 is 5.69 Å². The summed E-state index contributed by atoms with van der Waals surface area (Å²) in [5.74, 6) is 0. The molecule has 4 rings (SSSR count). The number of nitrogens with one attached hydrogen (secondary N) is 3. The third-order valence-electron chi connectivity index (χ3n) is 3.36. The highest BCUT2D eigenvalue weighted by molar-refractivity contribution is 7.89. The number of aromatic nitrogens is 6. The van der Waals surface area contributed by atoms with Gasteiger partial charge in [-0.2, -0.15) is 9.61 Å². The van der Waals surface area contributed by atoms with E-state index in [2.05, 4.69) is 30.0 Å². The van der Waals surface area contributed by atoms with Gasteiger partial charge in [-0.15, -0.1) is 10.2 Å². The lowest BCUT2D eigenvalue weighted by molar-refractivity contribution is 0.581. The number of aromatic amines is 2. The average Bonchev–Trinajstić information content (AvgIpc) is 3.18. The number of hydrogen-bond acceptors (Lipinski definition) is 7. The van der Waals surface area contributed by atoms with E-state index in [0.717, 1.165) is 5.01 Å². The van der Waals surface area contributed by atoms with Crippen molar-refractivity contribution in [2.24, 2.45) is 0 Å². The number of nitrogens with zero attached hydrogens (tertiary/aromatic N) is 4.